The SMILES string of the molecule is CCCCCCC/C=C\C/C=C\CCCCCCCCCCCC(=O)OC(COC(=O)CCCCCCC/C=C\CCCCCCCCC)COC(=O)CCCCCCCCCCCCCCCCCCCCCCCCC. The Morgan fingerprint density at radius 3 is 0.718 bits per heavy atom. The normalized spacial score (nSPS) is 12.2. The molecule has 0 saturated heterocycles. The maximum Gasteiger partial charge on any atom is 0.306 e. The van der Waals surface area contributed by atoms with Gasteiger partial charge in [0.2, 0.25) is 0 Å². The second-order valence-corrected chi connectivity index (χ2v) is 23.8. The van der Waals surface area contributed by atoms with Crippen molar-refractivity contribution in [1.29, 1.82) is 0 Å². The molecule has 0 fully saturated rings. The van der Waals surface area contributed by atoms with Crippen LogP contribution in [0.3, 0.4) is 0 Å². The van der Waals surface area contributed by atoms with Crippen molar-refractivity contribution in [2.45, 2.75) is 393 Å². The third kappa shape index (κ3) is 64.5. The van der Waals surface area contributed by atoms with Gasteiger partial charge in [-0.25, -0.2) is 0 Å². The second-order valence-electron chi connectivity index (χ2n) is 23.8. The van der Waals surface area contributed by atoms with Crippen LogP contribution in [0.5, 0.6) is 0 Å². The molecule has 0 aromatic heterocycles. The first-order chi connectivity index (χ1) is 38.5. The second kappa shape index (κ2) is 67.1. The van der Waals surface area contributed by atoms with Gasteiger partial charge in [-0.3, -0.25) is 14.4 Å². The highest BCUT2D eigenvalue weighted by atomic mass is 16.6. The fraction of sp³-hybridized carbons (Fsp3) is 0.875. The number of hydrogen-bond acceptors (Lipinski definition) is 6. The largest absolute Gasteiger partial charge is 0.462 e. The average molecular weight is 1100 g/mol. The minimum absolute atomic E-state index is 0.0718. The highest BCUT2D eigenvalue weighted by Crippen LogP contribution is 2.18. The third-order valence-corrected chi connectivity index (χ3v) is 15.9. The summed E-state index contributed by atoms with van der Waals surface area (Å²) in [5, 5.41) is 0. The summed E-state index contributed by atoms with van der Waals surface area (Å²) < 4.78 is 17.0. The molecule has 0 aliphatic carbocycles. The highest BCUT2D eigenvalue weighted by molar-refractivity contribution is 5.71. The number of carbonyl (C=O) groups excluding carboxylic acids is 3. The molecule has 0 rings (SSSR count). The maximum atomic E-state index is 13.0. The molecule has 0 saturated carbocycles. The zero-order chi connectivity index (χ0) is 56.4. The van der Waals surface area contributed by atoms with E-state index in [0.717, 1.165) is 70.6 Å². The molecule has 1 atom stereocenters. The summed E-state index contributed by atoms with van der Waals surface area (Å²) in [6, 6.07) is 0. The van der Waals surface area contributed by atoms with Crippen LogP contribution >= 0.6 is 0 Å². The molecule has 0 heterocycles. The van der Waals surface area contributed by atoms with Gasteiger partial charge in [-0.2, -0.15) is 0 Å². The van der Waals surface area contributed by atoms with Crippen LogP contribution in [0.25, 0.3) is 0 Å². The lowest BCUT2D eigenvalue weighted by Gasteiger charge is -2.18. The molecule has 458 valence electrons. The minimum Gasteiger partial charge on any atom is -0.462 e. The van der Waals surface area contributed by atoms with E-state index in [9.17, 15) is 14.4 Å². The number of hydrogen-bond donors (Lipinski definition) is 0. The van der Waals surface area contributed by atoms with Gasteiger partial charge in [-0.15, -0.1) is 0 Å². The van der Waals surface area contributed by atoms with E-state index in [4.69, 9.17) is 14.2 Å². The Hall–Kier alpha value is -2.37. The lowest BCUT2D eigenvalue weighted by Crippen LogP contribution is -2.30. The summed E-state index contributed by atoms with van der Waals surface area (Å²) in [6.45, 7) is 6.69. The molecule has 0 aliphatic heterocycles. The standard InChI is InChI=1S/C72H134O6/c1-4-7-10-13-16-19-22-25-28-31-33-35-36-38-39-41-44-47-50-53-56-59-62-65-71(74)77-68-69(67-76-70(73)64-61-58-55-52-49-46-43-30-27-24-21-18-15-12-9-6-3)78-72(75)66-63-60-57-54-51-48-45-42-40-37-34-32-29-26-23-20-17-14-11-8-5-2/h23,26,30,32,34,43,69H,4-22,24-25,27-29,31,33,35-42,44-68H2,1-3H3/b26-23-,34-32-,43-30-. The molecule has 0 amide bonds. The van der Waals surface area contributed by atoms with Crippen LogP contribution in [-0.2, 0) is 28.6 Å². The fourth-order valence-corrected chi connectivity index (χ4v) is 10.6. The van der Waals surface area contributed by atoms with Crippen LogP contribution in [0.4, 0.5) is 0 Å². The zero-order valence-corrected chi connectivity index (χ0v) is 52.7. The van der Waals surface area contributed by atoms with Crippen molar-refractivity contribution in [2.24, 2.45) is 0 Å². The Labute approximate surface area is 486 Å². The number of rotatable bonds is 65. The van der Waals surface area contributed by atoms with E-state index in [-0.39, 0.29) is 31.1 Å². The summed E-state index contributed by atoms with van der Waals surface area (Å²) in [7, 11) is 0. The van der Waals surface area contributed by atoms with Crippen LogP contribution in [0, 0.1) is 0 Å². The number of esters is 3. The van der Waals surface area contributed by atoms with E-state index in [1.54, 1.807) is 0 Å². The predicted octanol–water partition coefficient (Wildman–Crippen LogP) is 23.9. The average Bonchev–Trinajstić information content (AvgIpc) is 3.44. The smallest absolute Gasteiger partial charge is 0.306 e. The summed E-state index contributed by atoms with van der Waals surface area (Å²) >= 11 is 0. The summed E-state index contributed by atoms with van der Waals surface area (Å²) in [5.41, 5.74) is 0. The van der Waals surface area contributed by atoms with E-state index in [2.05, 4.69) is 57.2 Å². The van der Waals surface area contributed by atoms with Gasteiger partial charge in [-0.05, 0) is 77.0 Å². The van der Waals surface area contributed by atoms with Gasteiger partial charge >= 0.3 is 17.9 Å². The van der Waals surface area contributed by atoms with E-state index in [1.165, 1.54) is 276 Å². The first kappa shape index (κ1) is 75.6. The molecule has 0 spiro atoms. The van der Waals surface area contributed by atoms with Crippen molar-refractivity contribution in [3.8, 4) is 0 Å². The summed E-state index contributed by atoms with van der Waals surface area (Å²) in [6.07, 6.45) is 83.1. The quantitative estimate of drug-likeness (QED) is 0.0261. The van der Waals surface area contributed by atoms with Gasteiger partial charge in [0.15, 0.2) is 6.10 Å². The van der Waals surface area contributed by atoms with Gasteiger partial charge in [0.1, 0.15) is 13.2 Å². The van der Waals surface area contributed by atoms with Crippen LogP contribution < -0.4 is 0 Å². The van der Waals surface area contributed by atoms with E-state index in [0.29, 0.717) is 19.3 Å². The van der Waals surface area contributed by atoms with Gasteiger partial charge in [0.05, 0.1) is 0 Å². The van der Waals surface area contributed by atoms with Gasteiger partial charge < -0.3 is 14.2 Å². The lowest BCUT2D eigenvalue weighted by molar-refractivity contribution is -0.167. The van der Waals surface area contributed by atoms with Crippen molar-refractivity contribution in [1.82, 2.24) is 0 Å². The Morgan fingerprint density at radius 1 is 0.256 bits per heavy atom. The molecule has 0 aromatic rings. The molecule has 0 radical (unpaired) electrons. The maximum absolute atomic E-state index is 13.0. The minimum atomic E-state index is -0.777. The molecule has 6 nitrogen and oxygen atoms in total. The number of unbranched alkanes of at least 4 members (excludes halogenated alkanes) is 48. The Morgan fingerprint density at radius 2 is 0.462 bits per heavy atom. The summed E-state index contributed by atoms with van der Waals surface area (Å²) in [4.78, 5) is 38.4. The van der Waals surface area contributed by atoms with Crippen molar-refractivity contribution >= 4 is 17.9 Å². The van der Waals surface area contributed by atoms with Crippen molar-refractivity contribution in [3.05, 3.63) is 36.5 Å². The molecule has 6 heteroatoms. The molecule has 0 aliphatic rings. The molecular formula is C72H134O6. The van der Waals surface area contributed by atoms with Crippen molar-refractivity contribution in [2.75, 3.05) is 13.2 Å². The summed E-state index contributed by atoms with van der Waals surface area (Å²) in [5.74, 6) is -0.856. The topological polar surface area (TPSA) is 78.9 Å². The predicted molar refractivity (Wildman–Crippen MR) is 339 cm³/mol. The number of allylic oxidation sites excluding steroid dienone is 6. The molecule has 0 bridgehead atoms. The third-order valence-electron chi connectivity index (χ3n) is 15.9. The lowest BCUT2D eigenvalue weighted by atomic mass is 10.0. The molecule has 78 heavy (non-hydrogen) atoms. The first-order valence-electron chi connectivity index (χ1n) is 35.0. The monoisotopic (exact) mass is 1100 g/mol. The van der Waals surface area contributed by atoms with Gasteiger partial charge in [0, 0.05) is 19.3 Å². The van der Waals surface area contributed by atoms with Crippen LogP contribution in [0.1, 0.15) is 387 Å². The molecule has 1 unspecified atom stereocenters. The Bertz CT molecular complexity index is 1300. The van der Waals surface area contributed by atoms with Crippen LogP contribution in [0.2, 0.25) is 0 Å². The van der Waals surface area contributed by atoms with Gasteiger partial charge in [-0.1, -0.05) is 327 Å². The van der Waals surface area contributed by atoms with Gasteiger partial charge in [0.25, 0.3) is 0 Å². The number of ether oxygens (including phenoxy) is 3. The first-order valence-corrected chi connectivity index (χ1v) is 35.0. The molecule has 0 N–H and O–H groups in total. The Kier molecular flexibility index (Phi) is 65.1. The van der Waals surface area contributed by atoms with Crippen LogP contribution in [-0.4, -0.2) is 37.2 Å². The van der Waals surface area contributed by atoms with E-state index in [1.807, 2.05) is 0 Å². The fourth-order valence-electron chi connectivity index (χ4n) is 10.6. The molecular weight excluding hydrogens is 961 g/mol. The van der Waals surface area contributed by atoms with E-state index < -0.39 is 6.10 Å². The van der Waals surface area contributed by atoms with Crippen molar-refractivity contribution in [3.63, 3.8) is 0 Å². The number of carbonyl (C=O) groups is 3. The van der Waals surface area contributed by atoms with E-state index >= 15 is 0 Å². The molecule has 0 aromatic carbocycles. The van der Waals surface area contributed by atoms with Crippen molar-refractivity contribution < 1.29 is 28.6 Å². The Balaban J connectivity index is 4.30. The van der Waals surface area contributed by atoms with Crippen LogP contribution in [0.15, 0.2) is 36.5 Å². The zero-order valence-electron chi connectivity index (χ0n) is 52.7. The highest BCUT2D eigenvalue weighted by Gasteiger charge is 2.19.